The largest absolute Gasteiger partial charge is 0.480 e. The summed E-state index contributed by atoms with van der Waals surface area (Å²) in [5.74, 6) is -1.62. The van der Waals surface area contributed by atoms with Crippen LogP contribution in [0.4, 0.5) is 0 Å². The molecule has 1 aliphatic heterocycles. The molecule has 1 heterocycles. The first kappa shape index (κ1) is 12.5. The Kier molecular flexibility index (Phi) is 3.87. The highest BCUT2D eigenvalue weighted by molar-refractivity contribution is 5.90. The molecule has 0 aliphatic carbocycles. The lowest BCUT2D eigenvalue weighted by molar-refractivity contribution is -0.149. The van der Waals surface area contributed by atoms with Crippen LogP contribution < -0.4 is 5.32 Å². The average Bonchev–Trinajstić information content (AvgIpc) is 2.63. The number of nitrogens with one attached hydrogen (secondary N) is 1. The Bertz CT molecular complexity index is 316. The van der Waals surface area contributed by atoms with Crippen molar-refractivity contribution in [3.05, 3.63) is 0 Å². The fourth-order valence-electron chi connectivity index (χ4n) is 1.90. The van der Waals surface area contributed by atoms with Crippen LogP contribution in [-0.4, -0.2) is 46.4 Å². The van der Waals surface area contributed by atoms with Crippen LogP contribution in [0.15, 0.2) is 0 Å². The van der Waals surface area contributed by atoms with Crippen molar-refractivity contribution in [2.24, 2.45) is 0 Å². The predicted octanol–water partition coefficient (Wildman–Crippen LogP) is -0.413. The molecule has 2 amide bonds. The molecule has 1 saturated heterocycles. The van der Waals surface area contributed by atoms with E-state index >= 15 is 0 Å². The highest BCUT2D eigenvalue weighted by atomic mass is 16.4. The first-order chi connectivity index (χ1) is 7.43. The molecule has 0 radical (unpaired) electrons. The molecule has 1 fully saturated rings. The van der Waals surface area contributed by atoms with E-state index in [2.05, 4.69) is 5.32 Å². The number of carbonyl (C=O) groups is 3. The average molecular weight is 228 g/mol. The van der Waals surface area contributed by atoms with Gasteiger partial charge in [-0.1, -0.05) is 0 Å². The second-order valence-electron chi connectivity index (χ2n) is 3.95. The van der Waals surface area contributed by atoms with Gasteiger partial charge in [-0.3, -0.25) is 9.59 Å². The zero-order chi connectivity index (χ0) is 12.3. The van der Waals surface area contributed by atoms with E-state index < -0.39 is 18.1 Å². The minimum atomic E-state index is -0.985. The minimum absolute atomic E-state index is 0.299. The summed E-state index contributed by atoms with van der Waals surface area (Å²) in [5, 5.41) is 11.4. The van der Waals surface area contributed by atoms with Gasteiger partial charge in [0.1, 0.15) is 12.1 Å². The second-order valence-corrected chi connectivity index (χ2v) is 3.95. The van der Waals surface area contributed by atoms with Gasteiger partial charge in [0.05, 0.1) is 0 Å². The summed E-state index contributed by atoms with van der Waals surface area (Å²) in [5.41, 5.74) is 0. The van der Waals surface area contributed by atoms with Crippen LogP contribution in [0.25, 0.3) is 0 Å². The molecule has 0 saturated carbocycles. The summed E-state index contributed by atoms with van der Waals surface area (Å²) in [4.78, 5) is 34.8. The van der Waals surface area contributed by atoms with Crippen LogP contribution in [0.2, 0.25) is 0 Å². The molecule has 16 heavy (non-hydrogen) atoms. The summed E-state index contributed by atoms with van der Waals surface area (Å²) >= 11 is 0. The monoisotopic (exact) mass is 228 g/mol. The zero-order valence-corrected chi connectivity index (χ0v) is 9.40. The normalized spacial score (nSPS) is 21.6. The highest BCUT2D eigenvalue weighted by Gasteiger charge is 2.35. The van der Waals surface area contributed by atoms with Crippen molar-refractivity contribution in [2.75, 3.05) is 6.54 Å². The van der Waals surface area contributed by atoms with E-state index in [-0.39, 0.29) is 11.8 Å². The Morgan fingerprint density at radius 2 is 2.06 bits per heavy atom. The molecule has 1 rings (SSSR count). The standard InChI is InChI=1S/C10H16N2O4/c1-6(11-7(2)13)9(14)12-5-3-4-8(12)10(15)16/h6,8H,3-5H2,1-2H3,(H,11,13)(H,15,16)/t6?,8-/m1/s1. The fraction of sp³-hybridized carbons (Fsp3) is 0.700. The van der Waals surface area contributed by atoms with Crippen LogP contribution in [0.3, 0.4) is 0 Å². The van der Waals surface area contributed by atoms with Crippen molar-refractivity contribution >= 4 is 17.8 Å². The third-order valence-corrected chi connectivity index (χ3v) is 2.61. The van der Waals surface area contributed by atoms with Crippen LogP contribution in [0, 0.1) is 0 Å². The van der Waals surface area contributed by atoms with Gasteiger partial charge in [0, 0.05) is 13.5 Å². The van der Waals surface area contributed by atoms with E-state index in [4.69, 9.17) is 5.11 Å². The lowest BCUT2D eigenvalue weighted by atomic mass is 10.2. The van der Waals surface area contributed by atoms with Crippen molar-refractivity contribution in [2.45, 2.75) is 38.8 Å². The van der Waals surface area contributed by atoms with Gasteiger partial charge in [-0.15, -0.1) is 0 Å². The van der Waals surface area contributed by atoms with E-state index in [0.29, 0.717) is 19.4 Å². The molecule has 0 aromatic carbocycles. The summed E-state index contributed by atoms with van der Waals surface area (Å²) in [7, 11) is 0. The third-order valence-electron chi connectivity index (χ3n) is 2.61. The van der Waals surface area contributed by atoms with Crippen LogP contribution in [0.5, 0.6) is 0 Å². The maximum absolute atomic E-state index is 11.8. The van der Waals surface area contributed by atoms with Gasteiger partial charge < -0.3 is 15.3 Å². The molecule has 1 unspecified atom stereocenters. The molecule has 0 bridgehead atoms. The lowest BCUT2D eigenvalue weighted by Crippen LogP contribution is -2.50. The number of carboxylic acid groups (broad SMARTS) is 1. The number of amides is 2. The minimum Gasteiger partial charge on any atom is -0.480 e. The predicted molar refractivity (Wildman–Crippen MR) is 55.6 cm³/mol. The van der Waals surface area contributed by atoms with Crippen LogP contribution in [0.1, 0.15) is 26.7 Å². The van der Waals surface area contributed by atoms with Gasteiger partial charge in [-0.25, -0.2) is 4.79 Å². The van der Waals surface area contributed by atoms with Gasteiger partial charge in [-0.2, -0.15) is 0 Å². The van der Waals surface area contributed by atoms with Gasteiger partial charge in [0.15, 0.2) is 0 Å². The second kappa shape index (κ2) is 4.96. The van der Waals surface area contributed by atoms with Crippen molar-refractivity contribution in [1.82, 2.24) is 10.2 Å². The summed E-state index contributed by atoms with van der Waals surface area (Å²) in [6.45, 7) is 3.32. The number of hydrogen-bond acceptors (Lipinski definition) is 3. The highest BCUT2D eigenvalue weighted by Crippen LogP contribution is 2.18. The molecule has 0 spiro atoms. The quantitative estimate of drug-likeness (QED) is 0.687. The number of likely N-dealkylation sites (tertiary alicyclic amines) is 1. The van der Waals surface area contributed by atoms with Gasteiger partial charge in [0.2, 0.25) is 11.8 Å². The number of hydrogen-bond donors (Lipinski definition) is 2. The molecule has 0 aromatic rings. The smallest absolute Gasteiger partial charge is 0.326 e. The van der Waals surface area contributed by atoms with Crippen molar-refractivity contribution in [3.8, 4) is 0 Å². The van der Waals surface area contributed by atoms with Crippen molar-refractivity contribution in [1.29, 1.82) is 0 Å². The molecule has 6 nitrogen and oxygen atoms in total. The summed E-state index contributed by atoms with van der Waals surface area (Å²) < 4.78 is 0. The molecule has 2 atom stereocenters. The number of carboxylic acids is 1. The Morgan fingerprint density at radius 1 is 1.44 bits per heavy atom. The molecule has 90 valence electrons. The van der Waals surface area contributed by atoms with E-state index in [1.54, 1.807) is 6.92 Å². The van der Waals surface area contributed by atoms with E-state index in [1.165, 1.54) is 11.8 Å². The molecule has 6 heteroatoms. The van der Waals surface area contributed by atoms with Gasteiger partial charge in [0.25, 0.3) is 0 Å². The topological polar surface area (TPSA) is 86.7 Å². The molecular formula is C10H16N2O4. The zero-order valence-electron chi connectivity index (χ0n) is 9.40. The number of rotatable bonds is 3. The molecule has 1 aliphatic rings. The number of nitrogens with zero attached hydrogens (tertiary/aromatic N) is 1. The first-order valence-corrected chi connectivity index (χ1v) is 5.24. The Hall–Kier alpha value is -1.59. The van der Waals surface area contributed by atoms with Crippen molar-refractivity contribution < 1.29 is 19.5 Å². The molecule has 2 N–H and O–H groups in total. The summed E-state index contributed by atoms with van der Waals surface area (Å²) in [6.07, 6.45) is 1.17. The molecular weight excluding hydrogens is 212 g/mol. The van der Waals surface area contributed by atoms with Gasteiger partial charge >= 0.3 is 5.97 Å². The Balaban J connectivity index is 2.65. The Morgan fingerprint density at radius 3 is 2.56 bits per heavy atom. The number of carbonyl (C=O) groups excluding carboxylic acids is 2. The fourth-order valence-corrected chi connectivity index (χ4v) is 1.90. The SMILES string of the molecule is CC(=O)NC(C)C(=O)N1CCC[C@@H]1C(=O)O. The lowest BCUT2D eigenvalue weighted by Gasteiger charge is -2.24. The summed E-state index contributed by atoms with van der Waals surface area (Å²) in [6, 6.07) is -1.42. The van der Waals surface area contributed by atoms with Crippen molar-refractivity contribution in [3.63, 3.8) is 0 Å². The number of aliphatic carboxylic acids is 1. The Labute approximate surface area is 93.6 Å². The third kappa shape index (κ3) is 2.71. The molecule has 0 aromatic heterocycles. The van der Waals surface area contributed by atoms with Crippen LogP contribution in [-0.2, 0) is 14.4 Å². The van der Waals surface area contributed by atoms with E-state index in [0.717, 1.165) is 0 Å². The van der Waals surface area contributed by atoms with Gasteiger partial charge in [-0.05, 0) is 19.8 Å². The first-order valence-electron chi connectivity index (χ1n) is 5.24. The maximum atomic E-state index is 11.8. The van der Waals surface area contributed by atoms with E-state index in [1.807, 2.05) is 0 Å². The van der Waals surface area contributed by atoms with Crippen LogP contribution >= 0.6 is 0 Å². The maximum Gasteiger partial charge on any atom is 0.326 e. The van der Waals surface area contributed by atoms with E-state index in [9.17, 15) is 14.4 Å².